The number of fused-ring (bicyclic) bond motifs is 1. The standard InChI is InChI=1S/C11H8N2OS.C9H10ClN/c1-2-4-12-10-3-5-13-11-9(10)6-8(7-14)15-11;1-2-7-11-9-5-3-8(10)4-6-9/h1,3,5-7H,4H2,(H,12,13);2-7,11H,1H3/b;7-2-. The summed E-state index contributed by atoms with van der Waals surface area (Å²) in [6.45, 7) is 2.42. The van der Waals surface area contributed by atoms with E-state index < -0.39 is 0 Å². The zero-order valence-corrected chi connectivity index (χ0v) is 15.8. The molecule has 0 aliphatic rings. The molecule has 0 aliphatic heterocycles. The highest BCUT2D eigenvalue weighted by Gasteiger charge is 2.05. The van der Waals surface area contributed by atoms with Crippen molar-refractivity contribution in [3.63, 3.8) is 0 Å². The summed E-state index contributed by atoms with van der Waals surface area (Å²) < 4.78 is 0. The van der Waals surface area contributed by atoms with Crippen LogP contribution in [-0.4, -0.2) is 17.8 Å². The molecule has 0 radical (unpaired) electrons. The first kappa shape index (κ1) is 19.5. The van der Waals surface area contributed by atoms with E-state index in [4.69, 9.17) is 18.0 Å². The largest absolute Gasteiger partial charge is 0.374 e. The van der Waals surface area contributed by atoms with E-state index in [0.29, 0.717) is 11.4 Å². The number of rotatable bonds is 5. The molecule has 2 aromatic heterocycles. The number of hydrogen-bond acceptors (Lipinski definition) is 5. The van der Waals surface area contributed by atoms with Crippen molar-refractivity contribution < 1.29 is 4.79 Å². The van der Waals surface area contributed by atoms with E-state index in [-0.39, 0.29) is 0 Å². The van der Waals surface area contributed by atoms with Gasteiger partial charge < -0.3 is 10.6 Å². The highest BCUT2D eigenvalue weighted by atomic mass is 35.5. The Kier molecular flexibility index (Phi) is 7.69. The lowest BCUT2D eigenvalue weighted by Crippen LogP contribution is -1.98. The van der Waals surface area contributed by atoms with Crippen LogP contribution in [0, 0.1) is 12.3 Å². The van der Waals surface area contributed by atoms with Crippen LogP contribution in [0.4, 0.5) is 11.4 Å². The van der Waals surface area contributed by atoms with Gasteiger partial charge in [-0.3, -0.25) is 4.79 Å². The number of nitrogens with zero attached hydrogens (tertiary/aromatic N) is 1. The highest BCUT2D eigenvalue weighted by molar-refractivity contribution is 7.20. The van der Waals surface area contributed by atoms with E-state index in [1.54, 1.807) is 6.20 Å². The first-order valence-electron chi connectivity index (χ1n) is 7.82. The number of halogens is 1. The van der Waals surface area contributed by atoms with Gasteiger partial charge in [0.05, 0.1) is 11.4 Å². The zero-order valence-electron chi connectivity index (χ0n) is 14.2. The summed E-state index contributed by atoms with van der Waals surface area (Å²) in [4.78, 5) is 16.3. The van der Waals surface area contributed by atoms with E-state index in [2.05, 4.69) is 21.5 Å². The van der Waals surface area contributed by atoms with Crippen LogP contribution in [0.5, 0.6) is 0 Å². The number of nitrogens with one attached hydrogen (secondary N) is 2. The number of carbonyl (C=O) groups excluding carboxylic acids is 1. The lowest BCUT2D eigenvalue weighted by Gasteiger charge is -2.02. The number of aromatic nitrogens is 1. The average molecular weight is 384 g/mol. The number of pyridine rings is 1. The SMILES string of the molecule is C#CCNc1ccnc2sc(C=O)cc12.C/C=C\Nc1ccc(Cl)cc1. The Hall–Kier alpha value is -2.81. The normalized spacial score (nSPS) is 10.0. The van der Waals surface area contributed by atoms with E-state index in [0.717, 1.165) is 32.9 Å². The predicted octanol–water partition coefficient (Wildman–Crippen LogP) is 5.44. The molecule has 0 atom stereocenters. The van der Waals surface area contributed by atoms with Crippen LogP contribution in [0.1, 0.15) is 16.6 Å². The zero-order chi connectivity index (χ0) is 18.8. The van der Waals surface area contributed by atoms with Crippen LogP contribution in [-0.2, 0) is 0 Å². The molecule has 3 aromatic rings. The molecule has 0 fully saturated rings. The Balaban J connectivity index is 0.000000197. The van der Waals surface area contributed by atoms with E-state index in [9.17, 15) is 4.79 Å². The highest BCUT2D eigenvalue weighted by Crippen LogP contribution is 2.28. The maximum Gasteiger partial charge on any atom is 0.160 e. The Labute approximate surface area is 161 Å². The van der Waals surface area contributed by atoms with Gasteiger partial charge >= 0.3 is 0 Å². The summed E-state index contributed by atoms with van der Waals surface area (Å²) in [5.74, 6) is 2.50. The van der Waals surface area contributed by atoms with Crippen LogP contribution >= 0.6 is 22.9 Å². The quantitative estimate of drug-likeness (QED) is 0.455. The monoisotopic (exact) mass is 383 g/mol. The summed E-state index contributed by atoms with van der Waals surface area (Å²) in [5, 5.41) is 7.88. The van der Waals surface area contributed by atoms with Gasteiger partial charge in [0.2, 0.25) is 0 Å². The van der Waals surface area contributed by atoms with Crippen LogP contribution in [0.25, 0.3) is 10.2 Å². The van der Waals surface area contributed by atoms with E-state index in [1.165, 1.54) is 11.3 Å². The molecule has 3 rings (SSSR count). The summed E-state index contributed by atoms with van der Waals surface area (Å²) in [6.07, 6.45) is 11.5. The lowest BCUT2D eigenvalue weighted by molar-refractivity contribution is 0.112. The first-order valence-corrected chi connectivity index (χ1v) is 9.01. The lowest BCUT2D eigenvalue weighted by atomic mass is 10.2. The van der Waals surface area contributed by atoms with Crippen LogP contribution in [0.2, 0.25) is 5.02 Å². The maximum absolute atomic E-state index is 10.6. The van der Waals surface area contributed by atoms with Gasteiger partial charge in [0.1, 0.15) is 4.83 Å². The summed E-state index contributed by atoms with van der Waals surface area (Å²) in [7, 11) is 0. The predicted molar refractivity (Wildman–Crippen MR) is 112 cm³/mol. The summed E-state index contributed by atoms with van der Waals surface area (Å²) in [6, 6.07) is 11.2. The fourth-order valence-corrected chi connectivity index (χ4v) is 3.01. The van der Waals surface area contributed by atoms with Crippen LogP contribution < -0.4 is 10.6 Å². The van der Waals surface area contributed by atoms with Crippen molar-refractivity contribution in [2.45, 2.75) is 6.92 Å². The number of aldehydes is 1. The second-order valence-electron chi connectivity index (χ2n) is 5.05. The molecular weight excluding hydrogens is 366 g/mol. The van der Waals surface area contributed by atoms with Crippen molar-refractivity contribution in [2.24, 2.45) is 0 Å². The van der Waals surface area contributed by atoms with Gasteiger partial charge in [-0.05, 0) is 49.5 Å². The number of benzene rings is 1. The fourth-order valence-electron chi connectivity index (χ4n) is 2.04. The fraction of sp³-hybridized carbons (Fsp3) is 0.100. The minimum Gasteiger partial charge on any atom is -0.374 e. The smallest absolute Gasteiger partial charge is 0.160 e. The Morgan fingerprint density at radius 2 is 2.08 bits per heavy atom. The van der Waals surface area contributed by atoms with Gasteiger partial charge in [0.25, 0.3) is 0 Å². The van der Waals surface area contributed by atoms with Gasteiger partial charge in [-0.2, -0.15) is 0 Å². The first-order chi connectivity index (χ1) is 12.7. The molecule has 2 N–H and O–H groups in total. The van der Waals surface area contributed by atoms with Crippen molar-refractivity contribution in [2.75, 3.05) is 17.2 Å². The maximum atomic E-state index is 10.6. The van der Waals surface area contributed by atoms with Gasteiger partial charge in [0, 0.05) is 28.0 Å². The second kappa shape index (κ2) is 10.2. The number of anilines is 2. The molecule has 0 amide bonds. The molecule has 2 heterocycles. The van der Waals surface area contributed by atoms with Crippen molar-refractivity contribution in [1.29, 1.82) is 0 Å². The van der Waals surface area contributed by atoms with Crippen molar-refractivity contribution in [3.8, 4) is 12.3 Å². The third-order valence-electron chi connectivity index (χ3n) is 3.21. The molecule has 26 heavy (non-hydrogen) atoms. The molecule has 0 spiro atoms. The second-order valence-corrected chi connectivity index (χ2v) is 6.55. The Morgan fingerprint density at radius 1 is 1.31 bits per heavy atom. The van der Waals surface area contributed by atoms with Crippen molar-refractivity contribution >= 4 is 50.8 Å². The van der Waals surface area contributed by atoms with Gasteiger partial charge in [0.15, 0.2) is 6.29 Å². The molecule has 132 valence electrons. The van der Waals surface area contributed by atoms with Gasteiger partial charge in [-0.25, -0.2) is 4.98 Å². The molecule has 4 nitrogen and oxygen atoms in total. The van der Waals surface area contributed by atoms with Gasteiger partial charge in [-0.1, -0.05) is 23.6 Å². The van der Waals surface area contributed by atoms with Gasteiger partial charge in [-0.15, -0.1) is 17.8 Å². The summed E-state index contributed by atoms with van der Waals surface area (Å²) >= 11 is 7.07. The number of hydrogen-bond donors (Lipinski definition) is 2. The number of carbonyl (C=O) groups is 1. The molecule has 1 aromatic carbocycles. The van der Waals surface area contributed by atoms with Crippen LogP contribution in [0.15, 0.2) is 54.9 Å². The number of thiophene rings is 1. The molecule has 0 saturated carbocycles. The number of terminal acetylenes is 1. The molecule has 6 heteroatoms. The average Bonchev–Trinajstić information content (AvgIpc) is 3.10. The minimum absolute atomic E-state index is 0.464. The van der Waals surface area contributed by atoms with E-state index >= 15 is 0 Å². The topological polar surface area (TPSA) is 54.0 Å². The molecule has 0 bridgehead atoms. The Morgan fingerprint density at radius 3 is 2.73 bits per heavy atom. The number of allylic oxidation sites excluding steroid dienone is 1. The minimum atomic E-state index is 0.464. The summed E-state index contributed by atoms with van der Waals surface area (Å²) in [5.41, 5.74) is 1.97. The molecular formula is C20H18ClN3OS. The molecule has 0 aliphatic carbocycles. The van der Waals surface area contributed by atoms with Crippen molar-refractivity contribution in [1.82, 2.24) is 4.98 Å². The molecule has 0 saturated heterocycles. The Bertz CT molecular complexity index is 926. The van der Waals surface area contributed by atoms with Crippen molar-refractivity contribution in [3.05, 3.63) is 64.8 Å². The van der Waals surface area contributed by atoms with E-state index in [1.807, 2.05) is 55.6 Å². The third kappa shape index (κ3) is 5.62. The third-order valence-corrected chi connectivity index (χ3v) is 4.43. The van der Waals surface area contributed by atoms with Crippen LogP contribution in [0.3, 0.4) is 0 Å². The molecule has 0 unspecified atom stereocenters.